The van der Waals surface area contributed by atoms with Crippen molar-refractivity contribution in [3.63, 3.8) is 0 Å². The van der Waals surface area contributed by atoms with E-state index in [0.29, 0.717) is 25.7 Å². The molecule has 0 spiro atoms. The third-order valence-electron chi connectivity index (χ3n) is 9.13. The maximum absolute atomic E-state index is 13.8. The van der Waals surface area contributed by atoms with E-state index in [1.165, 1.54) is 23.2 Å². The number of carbonyl (C=O) groups is 5. The van der Waals surface area contributed by atoms with E-state index in [1.54, 1.807) is 27.7 Å². The van der Waals surface area contributed by atoms with Gasteiger partial charge in [0.1, 0.15) is 23.5 Å². The third kappa shape index (κ3) is 12.6. The molecule has 2 unspecified atom stereocenters. The summed E-state index contributed by atoms with van der Waals surface area (Å²) in [6.45, 7) is 10.7. The van der Waals surface area contributed by atoms with Crippen LogP contribution < -0.4 is 16.0 Å². The number of hydrogen-bond acceptors (Lipinski definition) is 10. The average molecular weight is 774 g/mol. The van der Waals surface area contributed by atoms with Crippen molar-refractivity contribution in [2.24, 2.45) is 11.8 Å². The first kappa shape index (κ1) is 44.0. The predicted octanol–water partition coefficient (Wildman–Crippen LogP) is 4.74. The fourth-order valence-corrected chi connectivity index (χ4v) is 6.00. The number of carbonyl (C=O) groups excluding carboxylic acids is 5. The number of likely N-dealkylation sites (tertiary alicyclic amines) is 1. The van der Waals surface area contributed by atoms with Crippen LogP contribution >= 0.6 is 0 Å². The zero-order valence-corrected chi connectivity index (χ0v) is 31.8. The first-order valence-corrected chi connectivity index (χ1v) is 18.1. The van der Waals surface area contributed by atoms with Crippen molar-refractivity contribution in [1.29, 1.82) is 10.8 Å². The summed E-state index contributed by atoms with van der Waals surface area (Å²) in [5.74, 6) is -5.48. The highest BCUT2D eigenvalue weighted by Crippen LogP contribution is 2.29. The van der Waals surface area contributed by atoms with Crippen LogP contribution in [-0.2, 0) is 30.1 Å². The van der Waals surface area contributed by atoms with Crippen LogP contribution in [0.3, 0.4) is 0 Å². The third-order valence-corrected chi connectivity index (χ3v) is 9.13. The van der Waals surface area contributed by atoms with Gasteiger partial charge in [-0.05, 0) is 87.8 Å². The molecule has 1 aliphatic rings. The Balaban J connectivity index is 1.55. The maximum Gasteiger partial charge on any atom is 0.416 e. The van der Waals surface area contributed by atoms with Gasteiger partial charge in [-0.2, -0.15) is 13.2 Å². The number of aromatic hydroxyl groups is 1. The minimum absolute atomic E-state index is 0.0548. The zero-order valence-electron chi connectivity index (χ0n) is 31.8. The Morgan fingerprint density at radius 1 is 0.945 bits per heavy atom. The number of Topliss-reactive ketones (excluding diaryl/α,β-unsaturated/α-hetero) is 1. The topological polar surface area (TPSA) is 215 Å². The Hall–Kier alpha value is -5.35. The molecule has 6 N–H and O–H groups in total. The minimum Gasteiger partial charge on any atom is -0.506 e. The van der Waals surface area contributed by atoms with E-state index < -0.39 is 76.6 Å². The van der Waals surface area contributed by atoms with Crippen LogP contribution in [0.4, 0.5) is 13.2 Å². The van der Waals surface area contributed by atoms with E-state index in [1.807, 2.05) is 13.8 Å². The molecule has 2 heterocycles. The molecule has 0 radical (unpaired) electrons. The van der Waals surface area contributed by atoms with Gasteiger partial charge in [0.2, 0.25) is 29.4 Å². The fraction of sp³-hybridized carbons (Fsp3) is 0.526. The van der Waals surface area contributed by atoms with Gasteiger partial charge in [0.25, 0.3) is 11.8 Å². The van der Waals surface area contributed by atoms with Crippen LogP contribution in [0.2, 0.25) is 0 Å². The largest absolute Gasteiger partial charge is 0.506 e. The lowest BCUT2D eigenvalue weighted by Crippen LogP contribution is -2.57. The normalized spacial score (nSPS) is 15.6. The van der Waals surface area contributed by atoms with Gasteiger partial charge in [-0.25, -0.2) is 4.98 Å². The molecule has 1 aliphatic heterocycles. The summed E-state index contributed by atoms with van der Waals surface area (Å²) in [6.07, 6.45) is -0.899. The summed E-state index contributed by atoms with van der Waals surface area (Å²) < 4.78 is 43.8. The molecule has 4 amide bonds. The van der Waals surface area contributed by atoms with Gasteiger partial charge >= 0.3 is 6.18 Å². The van der Waals surface area contributed by atoms with Crippen molar-refractivity contribution in [3.8, 4) is 5.75 Å². The van der Waals surface area contributed by atoms with Crippen LogP contribution in [0.15, 0.2) is 42.6 Å². The second-order valence-electron chi connectivity index (χ2n) is 14.9. The summed E-state index contributed by atoms with van der Waals surface area (Å²) in [6, 6.07) is 3.05. The molecule has 300 valence electrons. The lowest BCUT2D eigenvalue weighted by Gasteiger charge is -2.31. The number of rotatable bonds is 16. The smallest absolute Gasteiger partial charge is 0.416 e. The van der Waals surface area contributed by atoms with Gasteiger partial charge in [-0.3, -0.25) is 34.8 Å². The summed E-state index contributed by atoms with van der Waals surface area (Å²) >= 11 is 0. The number of hydrogen-bond donors (Lipinski definition) is 6. The molecule has 55 heavy (non-hydrogen) atoms. The van der Waals surface area contributed by atoms with E-state index in [2.05, 4.69) is 20.9 Å². The molecule has 14 nitrogen and oxygen atoms in total. The molecule has 3 rings (SSSR count). The van der Waals surface area contributed by atoms with Crippen molar-refractivity contribution in [1.82, 2.24) is 25.8 Å². The molecule has 0 bridgehead atoms. The Morgan fingerprint density at radius 3 is 2.15 bits per heavy atom. The number of nitrogens with one attached hydrogen (secondary N) is 5. The Morgan fingerprint density at radius 2 is 1.58 bits per heavy atom. The van der Waals surface area contributed by atoms with Crippen LogP contribution in [0, 0.1) is 22.7 Å². The minimum atomic E-state index is -4.59. The molecular weight excluding hydrogens is 723 g/mol. The van der Waals surface area contributed by atoms with E-state index >= 15 is 0 Å². The molecule has 1 fully saturated rings. The highest BCUT2D eigenvalue weighted by Gasteiger charge is 2.40. The molecule has 0 saturated carbocycles. The number of pyridine rings is 1. The number of halogens is 3. The quantitative estimate of drug-likeness (QED) is 0.0795. The predicted molar refractivity (Wildman–Crippen MR) is 196 cm³/mol. The fourth-order valence-electron chi connectivity index (χ4n) is 6.00. The Bertz CT molecular complexity index is 1730. The second-order valence-corrected chi connectivity index (χ2v) is 14.9. The van der Waals surface area contributed by atoms with Crippen molar-refractivity contribution in [2.75, 3.05) is 6.54 Å². The van der Waals surface area contributed by atoms with Crippen LogP contribution in [0.5, 0.6) is 5.75 Å². The van der Waals surface area contributed by atoms with Crippen molar-refractivity contribution < 1.29 is 47.0 Å². The molecule has 3 atom stereocenters. The van der Waals surface area contributed by atoms with Crippen molar-refractivity contribution >= 4 is 41.2 Å². The number of nitrogens with zero attached hydrogens (tertiary/aromatic N) is 2. The lowest BCUT2D eigenvalue weighted by atomic mass is 9.96. The summed E-state index contributed by atoms with van der Waals surface area (Å²) in [4.78, 5) is 71.4. The maximum atomic E-state index is 13.8. The van der Waals surface area contributed by atoms with E-state index in [-0.39, 0.29) is 48.2 Å². The molecule has 2 aromatic rings. The van der Waals surface area contributed by atoms with Gasteiger partial charge in [0.15, 0.2) is 0 Å². The zero-order chi connectivity index (χ0) is 41.2. The number of benzene rings is 1. The highest BCUT2D eigenvalue weighted by molar-refractivity contribution is 6.39. The SMILES string of the molecule is CC(C)C(NC(=O)[C@@H]1CCCN1C(=O)C(NC(=O)CCCCC(C)(C)NC(=O)c1ccc(O)cn1)C(C)C)C(=O)C(=N)OC(=N)c1ccc(C(F)(F)F)cc1. The number of amides is 4. The average Bonchev–Trinajstić information content (AvgIpc) is 3.60. The summed E-state index contributed by atoms with van der Waals surface area (Å²) in [5.41, 5.74) is -1.50. The highest BCUT2D eigenvalue weighted by atomic mass is 19.4. The standard InChI is InChI=1S/C38H50F3N7O7/c1-21(2)29(31(51)33(43)55-32(42)23-12-14-24(15-13-23)38(39,40)41)46-35(53)27-10-9-19-48(27)36(54)30(22(3)4)45-28(50)11-7-8-18-37(5,6)47-34(52)26-17-16-25(49)20-44-26/h12-17,20-22,27,29-30,42-43,49H,7-11,18-19H2,1-6H3,(H,45,50)(H,46,53)(H,47,52)/t27-,29?,30?/m0/s1. The number of ketones is 1. The number of ether oxygens (including phenoxy) is 1. The first-order valence-electron chi connectivity index (χ1n) is 18.1. The molecule has 17 heteroatoms. The van der Waals surface area contributed by atoms with E-state index in [9.17, 15) is 42.3 Å². The van der Waals surface area contributed by atoms with Crippen molar-refractivity contribution in [3.05, 3.63) is 59.4 Å². The van der Waals surface area contributed by atoms with Crippen LogP contribution in [0.25, 0.3) is 0 Å². The van der Waals surface area contributed by atoms with E-state index in [0.717, 1.165) is 24.3 Å². The molecule has 1 aromatic heterocycles. The number of alkyl halides is 3. The monoisotopic (exact) mass is 773 g/mol. The van der Waals surface area contributed by atoms with Crippen molar-refractivity contribution in [2.45, 2.75) is 110 Å². The molecule has 0 aliphatic carbocycles. The number of aromatic nitrogens is 1. The van der Waals surface area contributed by atoms with Gasteiger partial charge < -0.3 is 30.7 Å². The lowest BCUT2D eigenvalue weighted by molar-refractivity contribution is -0.143. The second kappa shape index (κ2) is 18.8. The summed E-state index contributed by atoms with van der Waals surface area (Å²) in [5, 5.41) is 33.9. The number of unbranched alkanes of at least 4 members (excludes halogenated alkanes) is 1. The van der Waals surface area contributed by atoms with Gasteiger partial charge in [-0.15, -0.1) is 0 Å². The van der Waals surface area contributed by atoms with Gasteiger partial charge in [0, 0.05) is 24.1 Å². The first-order chi connectivity index (χ1) is 25.6. The van der Waals surface area contributed by atoms with Crippen LogP contribution in [-0.4, -0.2) is 86.4 Å². The van der Waals surface area contributed by atoms with Gasteiger partial charge in [0.05, 0.1) is 17.8 Å². The molecular formula is C38H50F3N7O7. The van der Waals surface area contributed by atoms with E-state index in [4.69, 9.17) is 15.6 Å². The Kier molecular flexibility index (Phi) is 15.1. The van der Waals surface area contributed by atoms with Crippen LogP contribution in [0.1, 0.15) is 102 Å². The molecule has 1 saturated heterocycles. The molecule has 1 aromatic carbocycles. The van der Waals surface area contributed by atoms with Gasteiger partial charge in [-0.1, -0.05) is 34.1 Å². The summed E-state index contributed by atoms with van der Waals surface area (Å²) in [7, 11) is 0. The Labute approximate surface area is 318 Å².